The van der Waals surface area contributed by atoms with Crippen molar-refractivity contribution in [2.24, 2.45) is 5.92 Å². The zero-order chi connectivity index (χ0) is 19.3. The average molecular weight is 376 g/mol. The van der Waals surface area contributed by atoms with Crippen molar-refractivity contribution in [1.29, 1.82) is 0 Å². The van der Waals surface area contributed by atoms with Crippen LogP contribution in [0.2, 0.25) is 0 Å². The van der Waals surface area contributed by atoms with Crippen LogP contribution in [0.15, 0.2) is 55.1 Å². The summed E-state index contributed by atoms with van der Waals surface area (Å²) in [7, 11) is 0. The maximum absolute atomic E-state index is 13.9. The molecule has 28 heavy (non-hydrogen) atoms. The van der Waals surface area contributed by atoms with Crippen LogP contribution in [0.4, 0.5) is 4.39 Å². The first-order valence-electron chi connectivity index (χ1n) is 10.0. The van der Waals surface area contributed by atoms with Crippen LogP contribution in [0, 0.1) is 11.7 Å². The topological polar surface area (TPSA) is 39.3 Å². The fourth-order valence-electron chi connectivity index (χ4n) is 5.50. The van der Waals surface area contributed by atoms with Gasteiger partial charge in [-0.3, -0.25) is 4.90 Å². The van der Waals surface area contributed by atoms with Crippen LogP contribution in [0.1, 0.15) is 23.2 Å². The molecule has 2 aliphatic rings. The van der Waals surface area contributed by atoms with E-state index in [9.17, 15) is 9.50 Å². The van der Waals surface area contributed by atoms with Crippen LogP contribution in [-0.2, 0) is 18.3 Å². The van der Waals surface area contributed by atoms with Gasteiger partial charge in [-0.1, -0.05) is 18.2 Å². The number of H-pyrrole nitrogens is 1. The van der Waals surface area contributed by atoms with Crippen molar-refractivity contribution in [2.75, 3.05) is 19.6 Å². The molecule has 3 nitrogen and oxygen atoms in total. The number of fused-ring (bicyclic) bond motifs is 4. The number of aromatic amines is 1. The number of likely N-dealkylation sites (tertiary alicyclic amines) is 1. The number of aromatic nitrogens is 1. The lowest BCUT2D eigenvalue weighted by Crippen LogP contribution is -2.53. The highest BCUT2D eigenvalue weighted by Crippen LogP contribution is 2.49. The van der Waals surface area contributed by atoms with Gasteiger partial charge in [0.15, 0.2) is 0 Å². The molecule has 3 aromatic rings. The van der Waals surface area contributed by atoms with Gasteiger partial charge < -0.3 is 10.1 Å². The number of rotatable bonds is 3. The largest absolute Gasteiger partial charge is 0.508 e. The molecule has 2 N–H and O–H groups in total. The molecule has 0 spiro atoms. The minimum atomic E-state index is -0.184. The van der Waals surface area contributed by atoms with Gasteiger partial charge in [0.05, 0.1) is 0 Å². The molecule has 144 valence electrons. The second-order valence-corrected chi connectivity index (χ2v) is 8.35. The second-order valence-electron chi connectivity index (χ2n) is 8.35. The van der Waals surface area contributed by atoms with E-state index in [4.69, 9.17) is 0 Å². The summed E-state index contributed by atoms with van der Waals surface area (Å²) in [5.74, 6) is 0.553. The Morgan fingerprint density at radius 2 is 2.18 bits per heavy atom. The highest BCUT2D eigenvalue weighted by atomic mass is 19.1. The Labute approximate surface area is 164 Å². The molecule has 4 heteroatoms. The molecule has 1 saturated heterocycles. The van der Waals surface area contributed by atoms with Crippen LogP contribution >= 0.6 is 0 Å². The highest BCUT2D eigenvalue weighted by Gasteiger charge is 2.47. The number of halogens is 1. The van der Waals surface area contributed by atoms with Gasteiger partial charge >= 0.3 is 0 Å². The van der Waals surface area contributed by atoms with E-state index in [0.717, 1.165) is 49.8 Å². The Kier molecular flexibility index (Phi) is 4.06. The first-order chi connectivity index (χ1) is 13.6. The van der Waals surface area contributed by atoms with Crippen LogP contribution in [0.25, 0.3) is 10.9 Å². The minimum absolute atomic E-state index is 0.0111. The number of piperidine rings is 1. The fourth-order valence-corrected chi connectivity index (χ4v) is 5.50. The monoisotopic (exact) mass is 376 g/mol. The minimum Gasteiger partial charge on any atom is -0.508 e. The van der Waals surface area contributed by atoms with E-state index in [-0.39, 0.29) is 11.2 Å². The molecule has 1 aliphatic heterocycles. The fraction of sp³-hybridized carbons (Fsp3) is 0.333. The zero-order valence-electron chi connectivity index (χ0n) is 15.9. The molecule has 0 saturated carbocycles. The lowest BCUT2D eigenvalue weighted by atomic mass is 9.58. The van der Waals surface area contributed by atoms with Crippen molar-refractivity contribution >= 4 is 10.9 Å². The van der Waals surface area contributed by atoms with E-state index in [2.05, 4.69) is 22.5 Å². The van der Waals surface area contributed by atoms with Crippen molar-refractivity contribution in [1.82, 2.24) is 9.88 Å². The van der Waals surface area contributed by atoms with Crippen LogP contribution in [-0.4, -0.2) is 34.6 Å². The van der Waals surface area contributed by atoms with Crippen LogP contribution < -0.4 is 0 Å². The van der Waals surface area contributed by atoms with Gasteiger partial charge in [-0.05, 0) is 73.2 Å². The number of nitrogens with zero attached hydrogens (tertiary/aromatic N) is 1. The van der Waals surface area contributed by atoms with Gasteiger partial charge in [0.2, 0.25) is 0 Å². The molecular formula is C24H25FN2O. The Balaban J connectivity index is 1.64. The van der Waals surface area contributed by atoms with Crippen molar-refractivity contribution in [3.63, 3.8) is 0 Å². The van der Waals surface area contributed by atoms with E-state index in [1.165, 1.54) is 22.9 Å². The molecule has 2 heterocycles. The van der Waals surface area contributed by atoms with E-state index in [0.29, 0.717) is 11.7 Å². The normalized spacial score (nSPS) is 24.7. The van der Waals surface area contributed by atoms with Crippen molar-refractivity contribution in [2.45, 2.75) is 24.7 Å². The maximum atomic E-state index is 13.9. The zero-order valence-corrected chi connectivity index (χ0v) is 15.9. The highest BCUT2D eigenvalue weighted by molar-refractivity contribution is 5.85. The molecule has 0 bridgehead atoms. The van der Waals surface area contributed by atoms with Gasteiger partial charge in [0.25, 0.3) is 0 Å². The molecular weight excluding hydrogens is 351 g/mol. The van der Waals surface area contributed by atoms with E-state index < -0.39 is 0 Å². The third kappa shape index (κ3) is 2.67. The Morgan fingerprint density at radius 1 is 1.29 bits per heavy atom. The summed E-state index contributed by atoms with van der Waals surface area (Å²) in [5, 5.41) is 11.1. The van der Waals surface area contributed by atoms with Crippen molar-refractivity contribution < 1.29 is 9.50 Å². The second kappa shape index (κ2) is 6.49. The summed E-state index contributed by atoms with van der Waals surface area (Å²) in [4.78, 5) is 6.02. The van der Waals surface area contributed by atoms with E-state index >= 15 is 0 Å². The summed E-state index contributed by atoms with van der Waals surface area (Å²) in [5.41, 5.74) is 4.70. The molecule has 1 fully saturated rings. The van der Waals surface area contributed by atoms with Crippen LogP contribution in [0.5, 0.6) is 5.75 Å². The number of nitrogens with one attached hydrogen (secondary N) is 1. The lowest BCUT2D eigenvalue weighted by molar-refractivity contribution is 0.0896. The van der Waals surface area contributed by atoms with Gasteiger partial charge in [-0.15, -0.1) is 6.58 Å². The first-order valence-corrected chi connectivity index (χ1v) is 10.0. The van der Waals surface area contributed by atoms with Gasteiger partial charge in [-0.25, -0.2) is 4.39 Å². The number of hydrogen-bond acceptors (Lipinski definition) is 2. The van der Waals surface area contributed by atoms with Gasteiger partial charge in [-0.2, -0.15) is 0 Å². The lowest BCUT2D eigenvalue weighted by Gasteiger charge is -2.51. The number of phenolic OH excluding ortho intramolecular Hbond substituents is 1. The van der Waals surface area contributed by atoms with E-state index in [1.54, 1.807) is 12.1 Å². The smallest absolute Gasteiger partial charge is 0.123 e. The van der Waals surface area contributed by atoms with Gasteiger partial charge in [0, 0.05) is 35.1 Å². The molecule has 2 aromatic carbocycles. The molecule has 1 aliphatic carbocycles. The van der Waals surface area contributed by atoms with Crippen molar-refractivity contribution in [3.05, 3.63) is 77.8 Å². The number of phenols is 1. The number of benzene rings is 2. The third-order valence-electron chi connectivity index (χ3n) is 6.84. The summed E-state index contributed by atoms with van der Waals surface area (Å²) < 4.78 is 13.9. The standard InChI is InChI=1S/C24H25FN2O/c1-2-9-27-10-8-24(16-4-3-5-19(28)11-16)14-23-20(12-17(24)15-27)21-13-18(25)6-7-22(21)26-23/h2-7,11,13,17,26,28H,1,8-10,12,14-15H2/t17?,24-/m1/s1. The van der Waals surface area contributed by atoms with Crippen LogP contribution in [0.3, 0.4) is 0 Å². The number of hydrogen-bond donors (Lipinski definition) is 2. The molecule has 1 unspecified atom stereocenters. The maximum Gasteiger partial charge on any atom is 0.123 e. The predicted octanol–water partition coefficient (Wildman–Crippen LogP) is 4.56. The quantitative estimate of drug-likeness (QED) is 0.658. The Hall–Kier alpha value is -2.59. The average Bonchev–Trinajstić information content (AvgIpc) is 3.03. The summed E-state index contributed by atoms with van der Waals surface area (Å²) in [6.45, 7) is 6.80. The van der Waals surface area contributed by atoms with Crippen molar-refractivity contribution in [3.8, 4) is 5.75 Å². The van der Waals surface area contributed by atoms with Gasteiger partial charge in [0.1, 0.15) is 11.6 Å². The first kappa shape index (κ1) is 17.5. The van der Waals surface area contributed by atoms with E-state index in [1.807, 2.05) is 24.3 Å². The molecule has 2 atom stereocenters. The SMILES string of the molecule is C=CCN1CC[C@]2(c3cccc(O)c3)Cc3[nH]c4ccc(F)cc4c3CC2C1. The summed E-state index contributed by atoms with van der Waals surface area (Å²) in [6, 6.07) is 12.8. The predicted molar refractivity (Wildman–Crippen MR) is 110 cm³/mol. The Bertz CT molecular complexity index is 1060. The molecule has 0 amide bonds. The Morgan fingerprint density at radius 3 is 3.00 bits per heavy atom. The molecule has 1 aromatic heterocycles. The number of aromatic hydroxyl groups is 1. The summed E-state index contributed by atoms with van der Waals surface area (Å²) >= 11 is 0. The molecule has 0 radical (unpaired) electrons. The summed E-state index contributed by atoms with van der Waals surface area (Å²) in [6.07, 6.45) is 4.82. The molecule has 5 rings (SSSR count). The third-order valence-corrected chi connectivity index (χ3v) is 6.84.